The molecule has 1 N–H and O–H groups in total. The predicted molar refractivity (Wildman–Crippen MR) is 107 cm³/mol. The Balaban J connectivity index is 2.13. The number of anilines is 1. The van der Waals surface area contributed by atoms with Crippen molar-refractivity contribution in [2.75, 3.05) is 18.4 Å². The minimum Gasteiger partial charge on any atom is -0.329 e. The molecule has 29 heavy (non-hydrogen) atoms. The summed E-state index contributed by atoms with van der Waals surface area (Å²) < 4.78 is 39.3. The van der Waals surface area contributed by atoms with E-state index in [4.69, 9.17) is 0 Å². The van der Waals surface area contributed by atoms with E-state index in [2.05, 4.69) is 24.1 Å². The molecule has 1 aromatic heterocycles. The first-order valence-electron chi connectivity index (χ1n) is 9.24. The van der Waals surface area contributed by atoms with Crippen LogP contribution in [0.5, 0.6) is 0 Å². The highest BCUT2D eigenvalue weighted by atomic mass is 32.1. The number of amides is 2. The van der Waals surface area contributed by atoms with Crippen LogP contribution in [0.15, 0.2) is 24.3 Å². The highest BCUT2D eigenvalue weighted by molar-refractivity contribution is 7.13. The van der Waals surface area contributed by atoms with Crippen LogP contribution < -0.4 is 5.32 Å². The first kappa shape index (κ1) is 22.9. The summed E-state index contributed by atoms with van der Waals surface area (Å²) in [5, 5.41) is 3.12. The predicted octanol–water partition coefficient (Wildman–Crippen LogP) is 4.77. The maximum atomic E-state index is 13.1. The van der Waals surface area contributed by atoms with Crippen LogP contribution in [0.2, 0.25) is 0 Å². The average Bonchev–Trinajstić information content (AvgIpc) is 2.98. The monoisotopic (exact) mass is 427 g/mol. The topological polar surface area (TPSA) is 62.3 Å². The second-order valence-corrected chi connectivity index (χ2v) is 8.11. The van der Waals surface area contributed by atoms with Crippen LogP contribution in [0.1, 0.15) is 46.7 Å². The summed E-state index contributed by atoms with van der Waals surface area (Å²) in [6.07, 6.45) is -3.84. The number of nitrogens with one attached hydrogen (secondary N) is 1. The lowest BCUT2D eigenvalue weighted by Crippen LogP contribution is -2.38. The van der Waals surface area contributed by atoms with Crippen molar-refractivity contribution in [2.45, 2.75) is 40.3 Å². The normalized spacial score (nSPS) is 11.6. The van der Waals surface area contributed by atoms with Gasteiger partial charge < -0.3 is 10.2 Å². The zero-order chi connectivity index (χ0) is 21.8. The molecule has 1 aromatic carbocycles. The van der Waals surface area contributed by atoms with Crippen LogP contribution in [0, 0.1) is 12.8 Å². The van der Waals surface area contributed by atoms with E-state index in [9.17, 15) is 22.8 Å². The van der Waals surface area contributed by atoms with Crippen molar-refractivity contribution >= 4 is 28.8 Å². The van der Waals surface area contributed by atoms with Crippen molar-refractivity contribution in [1.82, 2.24) is 9.88 Å². The van der Waals surface area contributed by atoms with Gasteiger partial charge in [0.2, 0.25) is 5.91 Å². The third kappa shape index (κ3) is 6.03. The zero-order valence-electron chi connectivity index (χ0n) is 16.8. The first-order valence-corrected chi connectivity index (χ1v) is 10.1. The van der Waals surface area contributed by atoms with Gasteiger partial charge in [0.1, 0.15) is 11.4 Å². The fourth-order valence-electron chi connectivity index (χ4n) is 2.76. The number of rotatable bonds is 7. The van der Waals surface area contributed by atoms with Gasteiger partial charge in [0.05, 0.1) is 22.0 Å². The van der Waals surface area contributed by atoms with E-state index in [1.807, 2.05) is 0 Å². The number of thiazole rings is 1. The van der Waals surface area contributed by atoms with Crippen LogP contribution in [0.25, 0.3) is 0 Å². The second kappa shape index (κ2) is 9.39. The lowest BCUT2D eigenvalue weighted by atomic mass is 10.1. The minimum atomic E-state index is -4.59. The number of hydrogen-bond donors (Lipinski definition) is 1. The summed E-state index contributed by atoms with van der Waals surface area (Å²) in [4.78, 5) is 31.4. The first-order chi connectivity index (χ1) is 13.5. The molecule has 0 spiro atoms. The number of para-hydroxylation sites is 1. The molecule has 0 aliphatic heterocycles. The number of hydrogen-bond acceptors (Lipinski definition) is 4. The number of halogens is 3. The molecule has 0 fully saturated rings. The Morgan fingerprint density at radius 2 is 1.90 bits per heavy atom. The number of aryl methyl sites for hydroxylation is 1. The van der Waals surface area contributed by atoms with E-state index in [0.29, 0.717) is 16.5 Å². The van der Waals surface area contributed by atoms with Gasteiger partial charge in [-0.2, -0.15) is 13.2 Å². The van der Waals surface area contributed by atoms with Gasteiger partial charge in [-0.15, -0.1) is 11.3 Å². The molecule has 9 heteroatoms. The van der Waals surface area contributed by atoms with E-state index < -0.39 is 17.6 Å². The number of carbonyl (C=O) groups excluding carboxylic acids is 2. The van der Waals surface area contributed by atoms with Crippen molar-refractivity contribution in [2.24, 2.45) is 5.92 Å². The number of aromatic nitrogens is 1. The number of carbonyl (C=O) groups is 2. The maximum Gasteiger partial charge on any atom is 0.418 e. The zero-order valence-corrected chi connectivity index (χ0v) is 17.6. The fraction of sp³-hybridized carbons (Fsp3) is 0.450. The van der Waals surface area contributed by atoms with Gasteiger partial charge in [-0.25, -0.2) is 4.98 Å². The van der Waals surface area contributed by atoms with Gasteiger partial charge in [0, 0.05) is 13.0 Å². The Morgan fingerprint density at radius 3 is 2.48 bits per heavy atom. The number of nitrogens with zero attached hydrogens (tertiary/aromatic N) is 2. The second-order valence-electron chi connectivity index (χ2n) is 7.03. The van der Waals surface area contributed by atoms with Crippen LogP contribution >= 0.6 is 11.3 Å². The quantitative estimate of drug-likeness (QED) is 0.692. The van der Waals surface area contributed by atoms with Crippen LogP contribution in [-0.2, 0) is 17.4 Å². The molecule has 5 nitrogen and oxygen atoms in total. The lowest BCUT2D eigenvalue weighted by Gasteiger charge is -2.20. The Morgan fingerprint density at radius 1 is 1.24 bits per heavy atom. The molecule has 2 aromatic rings. The standard InChI is InChI=1S/C20H24F3N3O2S/c1-5-26(19(28)18-13(4)24-17(29-18)10-12(2)3)11-16(27)25-15-9-7-6-8-14(15)20(21,22)23/h6-9,12H,5,10-11H2,1-4H3,(H,25,27). The molecule has 1 heterocycles. The lowest BCUT2D eigenvalue weighted by molar-refractivity contribution is -0.137. The summed E-state index contributed by atoms with van der Waals surface area (Å²) in [5.41, 5.74) is -0.669. The van der Waals surface area contributed by atoms with Crippen LogP contribution in [0.3, 0.4) is 0 Å². The van der Waals surface area contributed by atoms with Crippen molar-refractivity contribution < 1.29 is 22.8 Å². The molecular weight excluding hydrogens is 403 g/mol. The van der Waals surface area contributed by atoms with E-state index in [0.717, 1.165) is 17.5 Å². The largest absolute Gasteiger partial charge is 0.418 e. The Kier molecular flexibility index (Phi) is 7.40. The van der Waals surface area contributed by atoms with Crippen LogP contribution in [-0.4, -0.2) is 34.8 Å². The molecule has 0 radical (unpaired) electrons. The molecule has 158 valence electrons. The highest BCUT2D eigenvalue weighted by Gasteiger charge is 2.33. The molecule has 0 bridgehead atoms. The van der Waals surface area contributed by atoms with Gasteiger partial charge in [-0.3, -0.25) is 9.59 Å². The fourth-order valence-corrected chi connectivity index (χ4v) is 4.01. The molecular formula is C20H24F3N3O2S. The smallest absolute Gasteiger partial charge is 0.329 e. The minimum absolute atomic E-state index is 0.240. The molecule has 2 amide bonds. The maximum absolute atomic E-state index is 13.1. The van der Waals surface area contributed by atoms with E-state index in [1.54, 1.807) is 13.8 Å². The van der Waals surface area contributed by atoms with E-state index in [1.165, 1.54) is 34.4 Å². The van der Waals surface area contributed by atoms with Gasteiger partial charge in [-0.05, 0) is 31.9 Å². The molecule has 0 atom stereocenters. The van der Waals surface area contributed by atoms with Crippen molar-refractivity contribution in [3.8, 4) is 0 Å². The van der Waals surface area contributed by atoms with E-state index >= 15 is 0 Å². The van der Waals surface area contributed by atoms with Gasteiger partial charge in [-0.1, -0.05) is 26.0 Å². The van der Waals surface area contributed by atoms with E-state index in [-0.39, 0.29) is 24.7 Å². The Labute approximate surface area is 171 Å². The van der Waals surface area contributed by atoms with Gasteiger partial charge in [0.25, 0.3) is 5.91 Å². The SMILES string of the molecule is CCN(CC(=O)Nc1ccccc1C(F)(F)F)C(=O)c1sc(CC(C)C)nc1C. The molecule has 0 aliphatic rings. The molecule has 0 unspecified atom stereocenters. The Hall–Kier alpha value is -2.42. The summed E-state index contributed by atoms with van der Waals surface area (Å²) >= 11 is 1.29. The number of alkyl halides is 3. The van der Waals surface area contributed by atoms with Gasteiger partial charge >= 0.3 is 6.18 Å². The summed E-state index contributed by atoms with van der Waals surface area (Å²) in [6, 6.07) is 4.74. The van der Waals surface area contributed by atoms with Crippen molar-refractivity contribution in [1.29, 1.82) is 0 Å². The third-order valence-electron chi connectivity index (χ3n) is 4.13. The van der Waals surface area contributed by atoms with Crippen molar-refractivity contribution in [3.63, 3.8) is 0 Å². The van der Waals surface area contributed by atoms with Crippen molar-refractivity contribution in [3.05, 3.63) is 45.4 Å². The summed E-state index contributed by atoms with van der Waals surface area (Å²) in [5.74, 6) is -0.650. The average molecular weight is 427 g/mol. The molecule has 2 rings (SSSR count). The number of likely N-dealkylation sites (N-methyl/N-ethyl adjacent to an activating group) is 1. The number of benzene rings is 1. The highest BCUT2D eigenvalue weighted by Crippen LogP contribution is 2.34. The summed E-state index contributed by atoms with van der Waals surface area (Å²) in [6.45, 7) is 7.45. The molecule has 0 saturated heterocycles. The molecule has 0 aliphatic carbocycles. The van der Waals surface area contributed by atoms with Gasteiger partial charge in [0.15, 0.2) is 0 Å². The Bertz CT molecular complexity index is 878. The summed E-state index contributed by atoms with van der Waals surface area (Å²) in [7, 11) is 0. The third-order valence-corrected chi connectivity index (χ3v) is 5.30. The molecule has 0 saturated carbocycles. The van der Waals surface area contributed by atoms with Crippen LogP contribution in [0.4, 0.5) is 18.9 Å².